The van der Waals surface area contributed by atoms with Crippen molar-refractivity contribution in [1.29, 1.82) is 5.26 Å². The quantitative estimate of drug-likeness (QED) is 0.295. The van der Waals surface area contributed by atoms with E-state index in [-0.39, 0.29) is 29.1 Å². The highest BCUT2D eigenvalue weighted by molar-refractivity contribution is 5.94. The maximum Gasteiger partial charge on any atom is 0.416 e. The first-order valence-electron chi connectivity index (χ1n) is 12.8. The van der Waals surface area contributed by atoms with Gasteiger partial charge in [-0.25, -0.2) is 0 Å². The molecule has 1 amide bonds. The number of halogens is 3. The number of rotatable bonds is 6. The third kappa shape index (κ3) is 6.05. The largest absolute Gasteiger partial charge is 0.416 e. The van der Waals surface area contributed by atoms with Gasteiger partial charge in [0.15, 0.2) is 0 Å². The highest BCUT2D eigenvalue weighted by atomic mass is 19.4. The summed E-state index contributed by atoms with van der Waals surface area (Å²) < 4.78 is 44.5. The molecule has 0 unspecified atom stereocenters. The average molecular weight is 546 g/mol. The molecule has 10 heteroatoms. The Morgan fingerprint density at radius 3 is 2.48 bits per heavy atom. The predicted molar refractivity (Wildman–Crippen MR) is 142 cm³/mol. The van der Waals surface area contributed by atoms with Gasteiger partial charge in [-0.15, -0.1) is 0 Å². The molecule has 1 aliphatic heterocycles. The summed E-state index contributed by atoms with van der Waals surface area (Å²) in [4.78, 5) is 21.5. The summed E-state index contributed by atoms with van der Waals surface area (Å²) in [6.45, 7) is 5.04. The second kappa shape index (κ2) is 11.3. The molecule has 0 radical (unpaired) electrons. The molecule has 0 N–H and O–H groups in total. The molecule has 0 aliphatic carbocycles. The summed E-state index contributed by atoms with van der Waals surface area (Å²) in [7, 11) is 0. The maximum atomic E-state index is 13.1. The van der Waals surface area contributed by atoms with Crippen molar-refractivity contribution >= 4 is 5.91 Å². The van der Waals surface area contributed by atoms with E-state index in [1.807, 2.05) is 48.2 Å². The molecule has 40 heavy (non-hydrogen) atoms. The van der Waals surface area contributed by atoms with Crippen LogP contribution in [-0.4, -0.2) is 52.0 Å². The van der Waals surface area contributed by atoms with E-state index in [0.717, 1.165) is 23.3 Å². The number of carbonyl (C=O) groups excluding carboxylic acids is 1. The van der Waals surface area contributed by atoms with Gasteiger partial charge in [0.25, 0.3) is 11.8 Å². The number of alkyl halides is 3. The highest BCUT2D eigenvalue weighted by Gasteiger charge is 2.31. The average Bonchev–Trinajstić information content (AvgIpc) is 3.47. The van der Waals surface area contributed by atoms with Crippen molar-refractivity contribution < 1.29 is 22.5 Å². The van der Waals surface area contributed by atoms with Crippen molar-refractivity contribution in [3.63, 3.8) is 0 Å². The molecule has 3 aromatic carbocycles. The Labute approximate surface area is 229 Å². The number of piperazine rings is 1. The fourth-order valence-electron chi connectivity index (χ4n) is 4.66. The lowest BCUT2D eigenvalue weighted by molar-refractivity contribution is -0.137. The van der Waals surface area contributed by atoms with Crippen molar-refractivity contribution in [2.75, 3.05) is 26.2 Å². The van der Waals surface area contributed by atoms with Crippen LogP contribution in [0.4, 0.5) is 13.2 Å². The van der Waals surface area contributed by atoms with Crippen LogP contribution in [0.25, 0.3) is 22.8 Å². The van der Waals surface area contributed by atoms with Crippen LogP contribution in [0.2, 0.25) is 0 Å². The normalized spacial score (nSPS) is 15.0. The lowest BCUT2D eigenvalue weighted by atomic mass is 10.00. The zero-order valence-electron chi connectivity index (χ0n) is 21.7. The van der Waals surface area contributed by atoms with Gasteiger partial charge in [0.2, 0.25) is 5.82 Å². The molecule has 0 spiro atoms. The molecule has 2 heterocycles. The first-order valence-corrected chi connectivity index (χ1v) is 12.8. The summed E-state index contributed by atoms with van der Waals surface area (Å²) in [5.74, 6) is -0.0140. The first kappa shape index (κ1) is 27.1. The van der Waals surface area contributed by atoms with Crippen LogP contribution in [0, 0.1) is 11.3 Å². The van der Waals surface area contributed by atoms with Crippen molar-refractivity contribution in [2.24, 2.45) is 0 Å². The highest BCUT2D eigenvalue weighted by Crippen LogP contribution is 2.32. The zero-order chi connectivity index (χ0) is 28.3. The standard InChI is InChI=1S/C30H26F3N5O2/c1-20(18-34)22-6-3-9-25(16-22)29(39)38-13-11-37(12-14-38)19-21-5-2-7-23(15-21)27-35-28(40-36-27)24-8-4-10-26(17-24)30(31,32)33/h2-10,15-17,20H,11-14,19H2,1H3/t20-/m1/s1. The van der Waals surface area contributed by atoms with E-state index in [2.05, 4.69) is 21.1 Å². The minimum Gasteiger partial charge on any atom is -0.336 e. The van der Waals surface area contributed by atoms with E-state index < -0.39 is 11.7 Å². The summed E-state index contributed by atoms with van der Waals surface area (Å²) in [5.41, 5.74) is 2.54. The van der Waals surface area contributed by atoms with Crippen molar-refractivity contribution in [3.8, 4) is 28.9 Å². The number of carbonyl (C=O) groups is 1. The van der Waals surface area contributed by atoms with Gasteiger partial charge in [-0.2, -0.15) is 23.4 Å². The molecule has 4 aromatic rings. The SMILES string of the molecule is C[C@H](C#N)c1cccc(C(=O)N2CCN(Cc3cccc(-c4noc(-c5cccc(C(F)(F)F)c5)n4)c3)CC2)c1. The van der Waals surface area contributed by atoms with Crippen LogP contribution in [0.1, 0.15) is 39.9 Å². The van der Waals surface area contributed by atoms with Crippen LogP contribution in [0.5, 0.6) is 0 Å². The van der Waals surface area contributed by atoms with Crippen LogP contribution in [-0.2, 0) is 12.7 Å². The second-order valence-corrected chi connectivity index (χ2v) is 9.75. The van der Waals surface area contributed by atoms with Gasteiger partial charge in [-0.1, -0.05) is 41.6 Å². The Hall–Kier alpha value is -4.49. The van der Waals surface area contributed by atoms with Gasteiger partial charge >= 0.3 is 6.18 Å². The lowest BCUT2D eigenvalue weighted by Crippen LogP contribution is -2.48. The number of hydrogen-bond donors (Lipinski definition) is 0. The van der Waals surface area contributed by atoms with E-state index >= 15 is 0 Å². The summed E-state index contributed by atoms with van der Waals surface area (Å²) in [6, 6.07) is 21.8. The number of benzene rings is 3. The molecule has 0 saturated carbocycles. The van der Waals surface area contributed by atoms with Gasteiger partial charge in [-0.05, 0) is 54.4 Å². The van der Waals surface area contributed by atoms with Gasteiger partial charge < -0.3 is 9.42 Å². The molecular weight excluding hydrogens is 519 g/mol. The molecule has 1 atom stereocenters. The Bertz CT molecular complexity index is 1550. The smallest absolute Gasteiger partial charge is 0.336 e. The molecule has 0 bridgehead atoms. The lowest BCUT2D eigenvalue weighted by Gasteiger charge is -2.35. The monoisotopic (exact) mass is 545 g/mol. The summed E-state index contributed by atoms with van der Waals surface area (Å²) in [6.07, 6.45) is -4.46. The molecule has 1 fully saturated rings. The van der Waals surface area contributed by atoms with Crippen molar-refractivity contribution in [3.05, 3.63) is 95.1 Å². The third-order valence-electron chi connectivity index (χ3n) is 6.94. The first-order chi connectivity index (χ1) is 19.2. The maximum absolute atomic E-state index is 13.1. The number of aromatic nitrogens is 2. The molecule has 1 aliphatic rings. The number of hydrogen-bond acceptors (Lipinski definition) is 6. The minimum absolute atomic E-state index is 0.0138. The number of amides is 1. The fourth-order valence-corrected chi connectivity index (χ4v) is 4.66. The van der Waals surface area contributed by atoms with Gasteiger partial charge in [0.05, 0.1) is 17.6 Å². The zero-order valence-corrected chi connectivity index (χ0v) is 21.7. The van der Waals surface area contributed by atoms with Gasteiger partial charge in [0, 0.05) is 49.4 Å². The summed E-state index contributed by atoms with van der Waals surface area (Å²) in [5, 5.41) is 13.2. The Balaban J connectivity index is 1.21. The number of nitrogens with zero attached hydrogens (tertiary/aromatic N) is 5. The summed E-state index contributed by atoms with van der Waals surface area (Å²) >= 11 is 0. The second-order valence-electron chi connectivity index (χ2n) is 9.75. The molecule has 7 nitrogen and oxygen atoms in total. The predicted octanol–water partition coefficient (Wildman–Crippen LogP) is 6.01. The van der Waals surface area contributed by atoms with Crippen LogP contribution in [0.15, 0.2) is 77.3 Å². The Kier molecular flexibility index (Phi) is 7.67. The fraction of sp³-hybridized carbons (Fsp3) is 0.267. The topological polar surface area (TPSA) is 86.3 Å². The number of nitriles is 1. The van der Waals surface area contributed by atoms with Crippen molar-refractivity contribution in [1.82, 2.24) is 19.9 Å². The van der Waals surface area contributed by atoms with Gasteiger partial charge in [-0.3, -0.25) is 9.69 Å². The molecule has 1 saturated heterocycles. The molecular formula is C30H26F3N5O2. The van der Waals surface area contributed by atoms with Crippen LogP contribution < -0.4 is 0 Å². The van der Waals surface area contributed by atoms with Gasteiger partial charge in [0.1, 0.15) is 0 Å². The third-order valence-corrected chi connectivity index (χ3v) is 6.94. The molecule has 204 valence electrons. The Morgan fingerprint density at radius 2 is 1.73 bits per heavy atom. The van der Waals surface area contributed by atoms with Crippen molar-refractivity contribution in [2.45, 2.75) is 25.6 Å². The Morgan fingerprint density at radius 1 is 1.00 bits per heavy atom. The van der Waals surface area contributed by atoms with E-state index in [9.17, 15) is 23.2 Å². The van der Waals surface area contributed by atoms with Crippen LogP contribution in [0.3, 0.4) is 0 Å². The molecule has 5 rings (SSSR count). The minimum atomic E-state index is -4.46. The van der Waals surface area contributed by atoms with Crippen LogP contribution >= 0.6 is 0 Å². The van der Waals surface area contributed by atoms with E-state index in [1.165, 1.54) is 12.1 Å². The molecule has 1 aromatic heterocycles. The van der Waals surface area contributed by atoms with E-state index in [0.29, 0.717) is 43.9 Å². The van der Waals surface area contributed by atoms with E-state index in [1.54, 1.807) is 12.1 Å². The van der Waals surface area contributed by atoms with E-state index in [4.69, 9.17) is 4.52 Å².